The van der Waals surface area contributed by atoms with E-state index in [0.717, 1.165) is 26.6 Å². The van der Waals surface area contributed by atoms with E-state index in [-0.39, 0.29) is 17.8 Å². The van der Waals surface area contributed by atoms with Crippen molar-refractivity contribution in [2.45, 2.75) is 18.9 Å². The van der Waals surface area contributed by atoms with Crippen LogP contribution >= 0.6 is 33.9 Å². The van der Waals surface area contributed by atoms with Crippen LogP contribution in [0.2, 0.25) is 0 Å². The van der Waals surface area contributed by atoms with E-state index in [2.05, 4.69) is 38.3 Å². The normalized spacial score (nSPS) is 15.7. The van der Waals surface area contributed by atoms with Crippen molar-refractivity contribution in [3.8, 4) is 0 Å². The number of thiophene rings is 1. The molecule has 0 bridgehead atoms. The number of benzene rings is 1. The summed E-state index contributed by atoms with van der Waals surface area (Å²) in [5.41, 5.74) is 9.70. The summed E-state index contributed by atoms with van der Waals surface area (Å²) in [5.74, 6) is -0.600. The van der Waals surface area contributed by atoms with Gasteiger partial charge in [0.05, 0.1) is 11.3 Å². The summed E-state index contributed by atoms with van der Waals surface area (Å²) in [6.45, 7) is 1.42. The number of hydrogen-bond donors (Lipinski definition) is 3. The Labute approximate surface area is 179 Å². The van der Waals surface area contributed by atoms with Gasteiger partial charge in [0.1, 0.15) is 15.6 Å². The molecule has 1 aliphatic rings. The maximum absolute atomic E-state index is 14.3. The molecular weight excluding hydrogens is 492 g/mol. The van der Waals surface area contributed by atoms with Crippen LogP contribution in [0.5, 0.6) is 0 Å². The van der Waals surface area contributed by atoms with Gasteiger partial charge < -0.3 is 11.1 Å². The highest BCUT2D eigenvalue weighted by molar-refractivity contribution is 14.1. The Bertz CT molecular complexity index is 1020. The highest BCUT2D eigenvalue weighted by Crippen LogP contribution is 2.37. The monoisotopic (exact) mass is 511 g/mol. The molecule has 3 heterocycles. The first-order valence-corrected chi connectivity index (χ1v) is 10.8. The summed E-state index contributed by atoms with van der Waals surface area (Å²) in [6.07, 6.45) is 3.36. The van der Waals surface area contributed by atoms with Crippen molar-refractivity contribution in [2.75, 3.05) is 18.4 Å². The van der Waals surface area contributed by atoms with Gasteiger partial charge >= 0.3 is 0 Å². The van der Waals surface area contributed by atoms with E-state index >= 15 is 0 Å². The summed E-state index contributed by atoms with van der Waals surface area (Å²) in [5, 5.41) is 6.29. The molecule has 2 aromatic heterocycles. The minimum Gasteiger partial charge on any atom is -0.344 e. The first-order chi connectivity index (χ1) is 13.5. The van der Waals surface area contributed by atoms with Crippen molar-refractivity contribution in [3.63, 3.8) is 0 Å². The van der Waals surface area contributed by atoms with Crippen molar-refractivity contribution < 1.29 is 9.18 Å². The second kappa shape index (κ2) is 8.27. The van der Waals surface area contributed by atoms with Gasteiger partial charge in [-0.25, -0.2) is 14.4 Å². The van der Waals surface area contributed by atoms with Gasteiger partial charge in [-0.1, -0.05) is 11.3 Å². The molecular formula is C19H19FIN5OS. The van der Waals surface area contributed by atoms with E-state index in [0.29, 0.717) is 29.3 Å². The number of hydrazine groups is 1. The summed E-state index contributed by atoms with van der Waals surface area (Å²) in [7, 11) is 0. The topological polar surface area (TPSA) is 83.3 Å². The largest absolute Gasteiger partial charge is 0.344 e. The number of rotatable bonds is 4. The van der Waals surface area contributed by atoms with Crippen LogP contribution in [0.4, 0.5) is 15.1 Å². The first-order valence-electron chi connectivity index (χ1n) is 8.92. The molecule has 1 aromatic carbocycles. The van der Waals surface area contributed by atoms with Gasteiger partial charge in [-0.2, -0.15) is 0 Å². The SMILES string of the molecule is NC1CCN(NC(=O)c2c(Nc3ccc(I)cc3F)sc3ncccc23)CC1. The van der Waals surface area contributed by atoms with E-state index in [1.165, 1.54) is 17.4 Å². The zero-order valence-electron chi connectivity index (χ0n) is 14.9. The number of halogens is 2. The number of nitrogens with zero attached hydrogens (tertiary/aromatic N) is 2. The fourth-order valence-electron chi connectivity index (χ4n) is 3.17. The molecule has 0 unspecified atom stereocenters. The maximum Gasteiger partial charge on any atom is 0.269 e. The summed E-state index contributed by atoms with van der Waals surface area (Å²) < 4.78 is 15.1. The maximum atomic E-state index is 14.3. The number of hydrogen-bond acceptors (Lipinski definition) is 6. The lowest BCUT2D eigenvalue weighted by Crippen LogP contribution is -2.49. The molecule has 0 radical (unpaired) electrons. The lowest BCUT2D eigenvalue weighted by Gasteiger charge is -2.30. The number of anilines is 2. The number of fused-ring (bicyclic) bond motifs is 1. The second-order valence-electron chi connectivity index (χ2n) is 6.68. The van der Waals surface area contributed by atoms with E-state index in [1.54, 1.807) is 18.3 Å². The van der Waals surface area contributed by atoms with Crippen molar-refractivity contribution in [1.82, 2.24) is 15.4 Å². The quantitative estimate of drug-likeness (QED) is 0.464. The van der Waals surface area contributed by atoms with E-state index in [1.807, 2.05) is 17.1 Å². The minimum absolute atomic E-state index is 0.181. The fraction of sp³-hybridized carbons (Fsp3) is 0.263. The Morgan fingerprint density at radius 3 is 2.86 bits per heavy atom. The van der Waals surface area contributed by atoms with Crippen LogP contribution < -0.4 is 16.5 Å². The van der Waals surface area contributed by atoms with Gasteiger partial charge in [-0.15, -0.1) is 0 Å². The van der Waals surface area contributed by atoms with Gasteiger partial charge in [0, 0.05) is 34.3 Å². The average molecular weight is 511 g/mol. The van der Waals surface area contributed by atoms with E-state index < -0.39 is 0 Å². The number of nitrogens with two attached hydrogens (primary N) is 1. The summed E-state index contributed by atoms with van der Waals surface area (Å²) in [6, 6.07) is 8.76. The number of nitrogens with one attached hydrogen (secondary N) is 2. The molecule has 3 aromatic rings. The summed E-state index contributed by atoms with van der Waals surface area (Å²) in [4.78, 5) is 18.2. The third kappa shape index (κ3) is 4.12. The molecule has 6 nitrogen and oxygen atoms in total. The lowest BCUT2D eigenvalue weighted by atomic mass is 10.1. The number of carbonyl (C=O) groups excluding carboxylic acids is 1. The molecule has 4 N–H and O–H groups in total. The molecule has 0 aliphatic carbocycles. The van der Waals surface area contributed by atoms with Gasteiger partial charge in [-0.3, -0.25) is 10.2 Å². The molecule has 0 atom stereocenters. The Morgan fingerprint density at radius 2 is 2.11 bits per heavy atom. The van der Waals surface area contributed by atoms with Gasteiger partial charge in [0.2, 0.25) is 0 Å². The molecule has 0 spiro atoms. The molecule has 9 heteroatoms. The Morgan fingerprint density at radius 1 is 1.32 bits per heavy atom. The van der Waals surface area contributed by atoms with E-state index in [9.17, 15) is 9.18 Å². The molecule has 1 fully saturated rings. The molecule has 0 saturated carbocycles. The zero-order chi connectivity index (χ0) is 19.7. The average Bonchev–Trinajstić information content (AvgIpc) is 3.04. The Kier molecular flexibility index (Phi) is 5.76. The first kappa shape index (κ1) is 19.5. The summed E-state index contributed by atoms with van der Waals surface area (Å²) >= 11 is 3.39. The van der Waals surface area contributed by atoms with Gasteiger partial charge in [-0.05, 0) is 65.8 Å². The van der Waals surface area contributed by atoms with Crippen molar-refractivity contribution in [1.29, 1.82) is 0 Å². The highest BCUT2D eigenvalue weighted by Gasteiger charge is 2.24. The van der Waals surface area contributed by atoms with Crippen molar-refractivity contribution in [3.05, 3.63) is 51.5 Å². The third-order valence-electron chi connectivity index (χ3n) is 4.67. The molecule has 1 saturated heterocycles. The zero-order valence-corrected chi connectivity index (χ0v) is 17.9. The lowest BCUT2D eigenvalue weighted by molar-refractivity contribution is 0.0739. The predicted molar refractivity (Wildman–Crippen MR) is 118 cm³/mol. The minimum atomic E-state index is -0.367. The standard InChI is InChI=1S/C19H19FIN5OS/c20-14-10-11(21)3-4-15(14)24-19-16(13-2-1-7-23-18(13)28-19)17(27)25-26-8-5-12(22)6-9-26/h1-4,7,10,12,24H,5-6,8-9,22H2,(H,25,27). The number of amides is 1. The number of pyridine rings is 1. The van der Waals surface area contributed by atoms with Crippen molar-refractivity contribution in [2.24, 2.45) is 5.73 Å². The van der Waals surface area contributed by atoms with Crippen molar-refractivity contribution >= 4 is 60.7 Å². The molecule has 28 heavy (non-hydrogen) atoms. The van der Waals surface area contributed by atoms with Crippen LogP contribution in [0.25, 0.3) is 10.2 Å². The van der Waals surface area contributed by atoms with Gasteiger partial charge in [0.15, 0.2) is 0 Å². The van der Waals surface area contributed by atoms with Crippen LogP contribution in [0, 0.1) is 9.39 Å². The second-order valence-corrected chi connectivity index (χ2v) is 8.92. The van der Waals surface area contributed by atoms with Gasteiger partial charge in [0.25, 0.3) is 5.91 Å². The highest BCUT2D eigenvalue weighted by atomic mass is 127. The molecule has 1 amide bonds. The van der Waals surface area contributed by atoms with Crippen LogP contribution in [0.3, 0.4) is 0 Å². The third-order valence-corrected chi connectivity index (χ3v) is 6.37. The smallest absolute Gasteiger partial charge is 0.269 e. The van der Waals surface area contributed by atoms with Crippen LogP contribution in [0.1, 0.15) is 23.2 Å². The van der Waals surface area contributed by atoms with E-state index in [4.69, 9.17) is 5.73 Å². The number of aromatic nitrogens is 1. The molecule has 1 aliphatic heterocycles. The van der Waals surface area contributed by atoms with Crippen LogP contribution in [-0.2, 0) is 0 Å². The Hall–Kier alpha value is -1.82. The molecule has 4 rings (SSSR count). The molecule has 146 valence electrons. The van der Waals surface area contributed by atoms with Crippen LogP contribution in [0.15, 0.2) is 36.5 Å². The number of carbonyl (C=O) groups is 1. The predicted octanol–water partition coefficient (Wildman–Crippen LogP) is 3.85. The Balaban J connectivity index is 1.66. The fourth-order valence-corrected chi connectivity index (χ4v) is 4.68. The number of piperidine rings is 1. The van der Waals surface area contributed by atoms with Crippen LogP contribution in [-0.4, -0.2) is 35.0 Å².